The van der Waals surface area contributed by atoms with Crippen molar-refractivity contribution >= 4 is 0 Å². The lowest BCUT2D eigenvalue weighted by molar-refractivity contribution is 0.107. The van der Waals surface area contributed by atoms with E-state index in [-0.39, 0.29) is 5.41 Å². The van der Waals surface area contributed by atoms with Crippen LogP contribution < -0.4 is 0 Å². The van der Waals surface area contributed by atoms with E-state index in [1.807, 2.05) is 0 Å². The summed E-state index contributed by atoms with van der Waals surface area (Å²) in [5.74, 6) is -0.119. The number of hydrogen-bond donors (Lipinski definition) is 1. The molecule has 1 aromatic heterocycles. The van der Waals surface area contributed by atoms with Gasteiger partial charge in [0, 0.05) is 11.8 Å². The molecule has 1 N–H and O–H groups in total. The van der Waals surface area contributed by atoms with Crippen LogP contribution in [0, 0.1) is 17.2 Å². The summed E-state index contributed by atoms with van der Waals surface area (Å²) in [5.41, 5.74) is 0.455. The number of halogens is 1. The Bertz CT molecular complexity index is 346. The number of pyridine rings is 1. The molecule has 3 heteroatoms. The van der Waals surface area contributed by atoms with Gasteiger partial charge in [0.15, 0.2) is 0 Å². The van der Waals surface area contributed by atoms with Crippen LogP contribution in [0.15, 0.2) is 18.5 Å². The average Bonchev–Trinajstić information content (AvgIpc) is 2.16. The van der Waals surface area contributed by atoms with Crippen molar-refractivity contribution in [2.75, 3.05) is 0 Å². The second-order valence-corrected chi connectivity index (χ2v) is 5.42. The van der Waals surface area contributed by atoms with Crippen molar-refractivity contribution in [3.63, 3.8) is 0 Å². The third-order valence-electron chi connectivity index (χ3n) is 3.22. The van der Waals surface area contributed by atoms with Gasteiger partial charge < -0.3 is 5.11 Å². The molecular formula is C13H20FNO. The Balaban J connectivity index is 2.73. The van der Waals surface area contributed by atoms with E-state index in [4.69, 9.17) is 0 Å². The summed E-state index contributed by atoms with van der Waals surface area (Å²) < 4.78 is 13.4. The fraction of sp³-hybridized carbons (Fsp3) is 0.615. The first kappa shape index (κ1) is 13.1. The molecule has 2 unspecified atom stereocenters. The zero-order valence-electron chi connectivity index (χ0n) is 10.4. The smallest absolute Gasteiger partial charge is 0.147 e. The predicted octanol–water partition coefficient (Wildman–Crippen LogP) is 3.33. The van der Waals surface area contributed by atoms with Gasteiger partial charge in [0.25, 0.3) is 0 Å². The summed E-state index contributed by atoms with van der Waals surface area (Å²) in [7, 11) is 0. The topological polar surface area (TPSA) is 33.1 Å². The Kier molecular flexibility index (Phi) is 4.03. The molecule has 0 saturated carbocycles. The Hall–Kier alpha value is -0.960. The summed E-state index contributed by atoms with van der Waals surface area (Å²) in [6, 6.07) is 1.54. The fourth-order valence-electron chi connectivity index (χ4n) is 1.47. The average molecular weight is 225 g/mol. The number of aliphatic hydroxyl groups is 1. The van der Waals surface area contributed by atoms with Crippen LogP contribution in [0.25, 0.3) is 0 Å². The molecule has 16 heavy (non-hydrogen) atoms. The zero-order chi connectivity index (χ0) is 12.3. The molecule has 0 spiro atoms. The van der Waals surface area contributed by atoms with Crippen molar-refractivity contribution in [2.45, 2.75) is 40.2 Å². The number of nitrogens with zero attached hydrogens (tertiary/aromatic N) is 1. The highest BCUT2D eigenvalue weighted by Crippen LogP contribution is 2.33. The summed E-state index contributed by atoms with van der Waals surface area (Å²) in [6.07, 6.45) is 2.45. The van der Waals surface area contributed by atoms with E-state index >= 15 is 0 Å². The molecule has 0 aliphatic carbocycles. The summed E-state index contributed by atoms with van der Waals surface area (Å²) >= 11 is 0. The van der Waals surface area contributed by atoms with Crippen LogP contribution in [0.4, 0.5) is 4.39 Å². The molecule has 2 atom stereocenters. The number of hydrogen-bond acceptors (Lipinski definition) is 2. The van der Waals surface area contributed by atoms with Gasteiger partial charge >= 0.3 is 0 Å². The molecule has 0 amide bonds. The van der Waals surface area contributed by atoms with E-state index < -0.39 is 11.9 Å². The largest absolute Gasteiger partial charge is 0.388 e. The Labute approximate surface area is 96.5 Å². The fourth-order valence-corrected chi connectivity index (χ4v) is 1.47. The first-order valence-electron chi connectivity index (χ1n) is 5.60. The molecule has 0 bridgehead atoms. The van der Waals surface area contributed by atoms with E-state index in [2.05, 4.69) is 32.7 Å². The van der Waals surface area contributed by atoms with Crippen molar-refractivity contribution in [2.24, 2.45) is 11.3 Å². The highest BCUT2D eigenvalue weighted by molar-refractivity contribution is 5.15. The van der Waals surface area contributed by atoms with E-state index in [0.717, 1.165) is 6.20 Å². The molecular weight excluding hydrogens is 205 g/mol. The van der Waals surface area contributed by atoms with Crippen molar-refractivity contribution in [3.8, 4) is 0 Å². The number of aliphatic hydroxyl groups excluding tert-OH is 1. The molecule has 90 valence electrons. The van der Waals surface area contributed by atoms with Gasteiger partial charge in [-0.05, 0) is 23.8 Å². The van der Waals surface area contributed by atoms with Crippen molar-refractivity contribution in [1.29, 1.82) is 0 Å². The van der Waals surface area contributed by atoms with Crippen LogP contribution >= 0.6 is 0 Å². The molecule has 0 radical (unpaired) electrons. The highest BCUT2D eigenvalue weighted by Gasteiger charge is 2.24. The van der Waals surface area contributed by atoms with Crippen molar-refractivity contribution in [3.05, 3.63) is 29.8 Å². The van der Waals surface area contributed by atoms with Crippen LogP contribution in [0.1, 0.15) is 45.8 Å². The summed E-state index contributed by atoms with van der Waals surface area (Å²) in [4.78, 5) is 3.67. The van der Waals surface area contributed by atoms with Crippen molar-refractivity contribution < 1.29 is 9.50 Å². The van der Waals surface area contributed by atoms with Gasteiger partial charge in [-0.2, -0.15) is 0 Å². The van der Waals surface area contributed by atoms with E-state index in [0.29, 0.717) is 17.9 Å². The Morgan fingerprint density at radius 2 is 2.06 bits per heavy atom. The molecule has 0 aliphatic heterocycles. The van der Waals surface area contributed by atoms with E-state index in [9.17, 15) is 9.50 Å². The first-order chi connectivity index (χ1) is 7.32. The standard InChI is InChI=1S/C13H20FNO/c1-9(13(2,3)4)7-12(16)10-5-6-15-8-11(10)14/h5-6,8-9,12,16H,7H2,1-4H3. The minimum absolute atomic E-state index is 0.116. The zero-order valence-corrected chi connectivity index (χ0v) is 10.4. The van der Waals surface area contributed by atoms with E-state index in [1.165, 1.54) is 12.3 Å². The SMILES string of the molecule is CC(CC(O)c1ccncc1F)C(C)(C)C. The maximum atomic E-state index is 13.4. The van der Waals surface area contributed by atoms with Gasteiger partial charge in [-0.15, -0.1) is 0 Å². The van der Waals surface area contributed by atoms with Gasteiger partial charge in [0.1, 0.15) is 5.82 Å². The lowest BCUT2D eigenvalue weighted by atomic mass is 9.78. The molecule has 0 saturated heterocycles. The molecule has 0 fully saturated rings. The summed E-state index contributed by atoms with van der Waals surface area (Å²) in [5, 5.41) is 9.97. The van der Waals surface area contributed by atoms with E-state index in [1.54, 1.807) is 0 Å². The lowest BCUT2D eigenvalue weighted by Crippen LogP contribution is -2.20. The second-order valence-electron chi connectivity index (χ2n) is 5.42. The Morgan fingerprint density at radius 3 is 2.56 bits per heavy atom. The molecule has 0 aliphatic rings. The van der Waals surface area contributed by atoms with Crippen LogP contribution in [0.5, 0.6) is 0 Å². The van der Waals surface area contributed by atoms with Gasteiger partial charge in [-0.1, -0.05) is 27.7 Å². The van der Waals surface area contributed by atoms with Gasteiger partial charge in [-0.25, -0.2) is 4.39 Å². The molecule has 2 nitrogen and oxygen atoms in total. The monoisotopic (exact) mass is 225 g/mol. The third kappa shape index (κ3) is 3.27. The van der Waals surface area contributed by atoms with Gasteiger partial charge in [0.05, 0.1) is 12.3 Å². The molecule has 1 aromatic rings. The number of rotatable bonds is 3. The van der Waals surface area contributed by atoms with Crippen molar-refractivity contribution in [1.82, 2.24) is 4.98 Å². The minimum atomic E-state index is -0.753. The maximum absolute atomic E-state index is 13.4. The van der Waals surface area contributed by atoms with Crippen LogP contribution in [0.3, 0.4) is 0 Å². The predicted molar refractivity (Wildman–Crippen MR) is 62.4 cm³/mol. The normalized spacial score (nSPS) is 15.9. The summed E-state index contributed by atoms with van der Waals surface area (Å²) in [6.45, 7) is 8.43. The van der Waals surface area contributed by atoms with Crippen LogP contribution in [0.2, 0.25) is 0 Å². The van der Waals surface area contributed by atoms with Crippen LogP contribution in [-0.4, -0.2) is 10.1 Å². The maximum Gasteiger partial charge on any atom is 0.147 e. The second kappa shape index (κ2) is 4.91. The van der Waals surface area contributed by atoms with Crippen LogP contribution in [-0.2, 0) is 0 Å². The molecule has 1 heterocycles. The molecule has 1 rings (SSSR count). The third-order valence-corrected chi connectivity index (χ3v) is 3.22. The highest BCUT2D eigenvalue weighted by atomic mass is 19.1. The number of aromatic nitrogens is 1. The quantitative estimate of drug-likeness (QED) is 0.856. The lowest BCUT2D eigenvalue weighted by Gasteiger charge is -2.29. The van der Waals surface area contributed by atoms with Gasteiger partial charge in [-0.3, -0.25) is 4.98 Å². The minimum Gasteiger partial charge on any atom is -0.388 e. The van der Waals surface area contributed by atoms with Gasteiger partial charge in [0.2, 0.25) is 0 Å². The first-order valence-corrected chi connectivity index (χ1v) is 5.60. The Morgan fingerprint density at radius 1 is 1.44 bits per heavy atom. The molecule has 0 aromatic carbocycles.